The minimum atomic E-state index is -0.474. The number of fused-ring (bicyclic) bond motifs is 1. The molecule has 1 saturated heterocycles. The van der Waals surface area contributed by atoms with Crippen LogP contribution in [0.3, 0.4) is 0 Å². The van der Waals surface area contributed by atoms with E-state index in [1.807, 2.05) is 30.0 Å². The van der Waals surface area contributed by atoms with Gasteiger partial charge in [-0.3, -0.25) is 0 Å². The van der Waals surface area contributed by atoms with Gasteiger partial charge in [0, 0.05) is 26.2 Å². The molecule has 7 nitrogen and oxygen atoms in total. The lowest BCUT2D eigenvalue weighted by Gasteiger charge is -2.37. The SMILES string of the molecule is Cc1nnc2ccc(N3CCN(c4cccc(F)c4C#N)CC3)nn12. The van der Waals surface area contributed by atoms with Crippen LogP contribution in [0.2, 0.25) is 0 Å². The first-order valence-electron chi connectivity index (χ1n) is 8.05. The summed E-state index contributed by atoms with van der Waals surface area (Å²) in [7, 11) is 0. The molecule has 0 N–H and O–H groups in total. The van der Waals surface area contributed by atoms with Crippen molar-refractivity contribution in [1.82, 2.24) is 19.8 Å². The Bertz CT molecular complexity index is 967. The van der Waals surface area contributed by atoms with Crippen LogP contribution in [-0.4, -0.2) is 46.0 Å². The molecule has 0 unspecified atom stereocenters. The van der Waals surface area contributed by atoms with Crippen LogP contribution < -0.4 is 9.80 Å². The topological polar surface area (TPSA) is 73.3 Å². The predicted octanol–water partition coefficient (Wildman–Crippen LogP) is 1.77. The standard InChI is InChI=1S/C17H16FN7/c1-12-20-21-16-5-6-17(22-25(12)16)24-9-7-23(8-10-24)15-4-2-3-14(18)13(15)11-19/h2-6H,7-10H2,1H3. The maximum Gasteiger partial charge on any atom is 0.178 e. The van der Waals surface area contributed by atoms with E-state index in [9.17, 15) is 9.65 Å². The van der Waals surface area contributed by atoms with Gasteiger partial charge in [0.2, 0.25) is 0 Å². The molecule has 126 valence electrons. The third kappa shape index (κ3) is 2.63. The van der Waals surface area contributed by atoms with Gasteiger partial charge in [0.15, 0.2) is 11.5 Å². The average molecular weight is 337 g/mol. The van der Waals surface area contributed by atoms with Crippen molar-refractivity contribution in [2.24, 2.45) is 0 Å². The molecule has 0 atom stereocenters. The number of nitrogens with zero attached hydrogens (tertiary/aromatic N) is 7. The van der Waals surface area contributed by atoms with Crippen molar-refractivity contribution in [2.45, 2.75) is 6.92 Å². The van der Waals surface area contributed by atoms with Crippen molar-refractivity contribution in [3.8, 4) is 6.07 Å². The number of benzene rings is 1. The van der Waals surface area contributed by atoms with Crippen LogP contribution in [0.4, 0.5) is 15.9 Å². The molecular formula is C17H16FN7. The average Bonchev–Trinajstić information content (AvgIpc) is 3.02. The Balaban J connectivity index is 1.54. The fourth-order valence-corrected chi connectivity index (χ4v) is 3.12. The summed E-state index contributed by atoms with van der Waals surface area (Å²) < 4.78 is 15.5. The van der Waals surface area contributed by atoms with Crippen LogP contribution in [0, 0.1) is 24.1 Å². The van der Waals surface area contributed by atoms with Crippen LogP contribution in [-0.2, 0) is 0 Å². The Morgan fingerprint density at radius 2 is 1.80 bits per heavy atom. The summed E-state index contributed by atoms with van der Waals surface area (Å²) in [5, 5.41) is 21.9. The number of hydrogen-bond donors (Lipinski definition) is 0. The lowest BCUT2D eigenvalue weighted by atomic mass is 10.1. The summed E-state index contributed by atoms with van der Waals surface area (Å²) in [6.07, 6.45) is 0. The van der Waals surface area contributed by atoms with E-state index in [1.165, 1.54) is 6.07 Å². The number of hydrogen-bond acceptors (Lipinski definition) is 6. The zero-order valence-electron chi connectivity index (χ0n) is 13.7. The van der Waals surface area contributed by atoms with Gasteiger partial charge < -0.3 is 9.80 Å². The monoisotopic (exact) mass is 337 g/mol. The van der Waals surface area contributed by atoms with Gasteiger partial charge in [-0.25, -0.2) is 4.39 Å². The molecule has 3 heterocycles. The minimum Gasteiger partial charge on any atom is -0.367 e. The lowest BCUT2D eigenvalue weighted by molar-refractivity contribution is 0.614. The fraction of sp³-hybridized carbons (Fsp3) is 0.294. The molecule has 1 aliphatic rings. The van der Waals surface area contributed by atoms with Crippen LogP contribution in [0.5, 0.6) is 0 Å². The number of halogens is 1. The van der Waals surface area contributed by atoms with Crippen molar-refractivity contribution >= 4 is 17.2 Å². The smallest absolute Gasteiger partial charge is 0.178 e. The Kier molecular flexibility index (Phi) is 3.69. The van der Waals surface area contributed by atoms with Gasteiger partial charge in [0.25, 0.3) is 0 Å². The normalized spacial score (nSPS) is 14.8. The summed E-state index contributed by atoms with van der Waals surface area (Å²) in [5.41, 5.74) is 1.48. The van der Waals surface area contributed by atoms with Gasteiger partial charge >= 0.3 is 0 Å². The first kappa shape index (κ1) is 15.3. The summed E-state index contributed by atoms with van der Waals surface area (Å²) in [6, 6.07) is 10.6. The summed E-state index contributed by atoms with van der Waals surface area (Å²) >= 11 is 0. The zero-order chi connectivity index (χ0) is 17.4. The van der Waals surface area contributed by atoms with Crippen molar-refractivity contribution in [1.29, 1.82) is 5.26 Å². The van der Waals surface area contributed by atoms with Crippen LogP contribution in [0.1, 0.15) is 11.4 Å². The number of anilines is 2. The molecule has 8 heteroatoms. The maximum absolute atomic E-state index is 13.8. The highest BCUT2D eigenvalue weighted by Gasteiger charge is 2.22. The largest absolute Gasteiger partial charge is 0.367 e. The Hall–Kier alpha value is -3.21. The molecule has 0 radical (unpaired) electrons. The highest BCUT2D eigenvalue weighted by molar-refractivity contribution is 5.61. The molecule has 0 bridgehead atoms. The van der Waals surface area contributed by atoms with Crippen LogP contribution >= 0.6 is 0 Å². The molecule has 1 fully saturated rings. The highest BCUT2D eigenvalue weighted by Crippen LogP contribution is 2.24. The van der Waals surface area contributed by atoms with E-state index in [0.717, 1.165) is 30.4 Å². The minimum absolute atomic E-state index is 0.107. The van der Waals surface area contributed by atoms with Gasteiger partial charge in [-0.15, -0.1) is 15.3 Å². The third-order valence-corrected chi connectivity index (χ3v) is 4.45. The van der Waals surface area contributed by atoms with E-state index in [0.29, 0.717) is 18.8 Å². The summed E-state index contributed by atoms with van der Waals surface area (Å²) in [5.74, 6) is 1.13. The Labute approximate surface area is 143 Å². The van der Waals surface area contributed by atoms with E-state index < -0.39 is 5.82 Å². The van der Waals surface area contributed by atoms with Gasteiger partial charge in [-0.05, 0) is 31.2 Å². The van der Waals surface area contributed by atoms with Crippen molar-refractivity contribution in [2.75, 3.05) is 36.0 Å². The van der Waals surface area contributed by atoms with Gasteiger partial charge in [-0.1, -0.05) is 6.07 Å². The lowest BCUT2D eigenvalue weighted by Crippen LogP contribution is -2.47. The van der Waals surface area contributed by atoms with Crippen LogP contribution in [0.25, 0.3) is 5.65 Å². The summed E-state index contributed by atoms with van der Waals surface area (Å²) in [6.45, 7) is 4.72. The number of piperazine rings is 1. The van der Waals surface area contributed by atoms with Crippen molar-refractivity contribution in [3.05, 3.63) is 47.5 Å². The number of aromatic nitrogens is 4. The molecule has 0 spiro atoms. The van der Waals surface area contributed by atoms with Gasteiger partial charge in [0.1, 0.15) is 23.3 Å². The maximum atomic E-state index is 13.8. The Morgan fingerprint density at radius 1 is 1.04 bits per heavy atom. The second-order valence-electron chi connectivity index (χ2n) is 5.93. The first-order valence-corrected chi connectivity index (χ1v) is 8.05. The molecule has 0 amide bonds. The quantitative estimate of drug-likeness (QED) is 0.710. The van der Waals surface area contributed by atoms with Crippen molar-refractivity contribution < 1.29 is 4.39 Å². The third-order valence-electron chi connectivity index (χ3n) is 4.45. The molecule has 25 heavy (non-hydrogen) atoms. The fourth-order valence-electron chi connectivity index (χ4n) is 3.12. The number of nitriles is 1. The van der Waals surface area contributed by atoms with E-state index in [4.69, 9.17) is 0 Å². The molecule has 2 aromatic heterocycles. The van der Waals surface area contributed by atoms with Gasteiger partial charge in [-0.2, -0.15) is 9.78 Å². The van der Waals surface area contributed by atoms with Gasteiger partial charge in [0.05, 0.1) is 5.69 Å². The highest BCUT2D eigenvalue weighted by atomic mass is 19.1. The van der Waals surface area contributed by atoms with Crippen molar-refractivity contribution in [3.63, 3.8) is 0 Å². The molecule has 1 aliphatic heterocycles. The molecular weight excluding hydrogens is 321 g/mol. The van der Waals surface area contributed by atoms with E-state index in [-0.39, 0.29) is 5.56 Å². The second kappa shape index (κ2) is 6.02. The van der Waals surface area contributed by atoms with Crippen LogP contribution in [0.15, 0.2) is 30.3 Å². The van der Waals surface area contributed by atoms with E-state index in [1.54, 1.807) is 16.6 Å². The number of rotatable bonds is 2. The molecule has 3 aromatic rings. The molecule has 4 rings (SSSR count). The molecule has 0 saturated carbocycles. The zero-order valence-corrected chi connectivity index (χ0v) is 13.7. The molecule has 1 aromatic carbocycles. The Morgan fingerprint density at radius 3 is 2.56 bits per heavy atom. The molecule has 0 aliphatic carbocycles. The second-order valence-corrected chi connectivity index (χ2v) is 5.93. The first-order chi connectivity index (χ1) is 12.2. The summed E-state index contributed by atoms with van der Waals surface area (Å²) in [4.78, 5) is 4.21. The number of aryl methyl sites for hydroxylation is 1. The predicted molar refractivity (Wildman–Crippen MR) is 91.1 cm³/mol. The van der Waals surface area contributed by atoms with E-state index >= 15 is 0 Å². The van der Waals surface area contributed by atoms with E-state index in [2.05, 4.69) is 20.2 Å².